The number of rotatable bonds is 3. The molecule has 1 saturated heterocycles. The Morgan fingerprint density at radius 3 is 2.44 bits per heavy atom. The van der Waals surface area contributed by atoms with Crippen LogP contribution in [-0.4, -0.2) is 18.4 Å². The van der Waals surface area contributed by atoms with E-state index in [1.54, 1.807) is 4.90 Å². The van der Waals surface area contributed by atoms with Crippen LogP contribution < -0.4 is 10.2 Å². The number of halogens is 2. The largest absolute Gasteiger partial charge is 0.326 e. The Morgan fingerprint density at radius 2 is 1.76 bits per heavy atom. The molecule has 1 fully saturated rings. The Bertz CT molecular complexity index is 834. The second-order valence-electron chi connectivity index (χ2n) is 6.22. The van der Waals surface area contributed by atoms with Crippen LogP contribution in [0, 0.1) is 19.8 Å². The molecule has 0 aromatic heterocycles. The molecule has 2 aromatic carbocycles. The Balaban J connectivity index is 1.73. The van der Waals surface area contributed by atoms with E-state index in [0.29, 0.717) is 6.54 Å². The fraction of sp³-hybridized carbons (Fsp3) is 0.263. The number of hydrogen-bond acceptors (Lipinski definition) is 2. The predicted octanol–water partition coefficient (Wildman–Crippen LogP) is 4.82. The molecule has 0 unspecified atom stereocenters. The highest BCUT2D eigenvalue weighted by Crippen LogP contribution is 2.29. The van der Waals surface area contributed by atoms with Crippen molar-refractivity contribution in [3.63, 3.8) is 0 Å². The van der Waals surface area contributed by atoms with Gasteiger partial charge < -0.3 is 10.2 Å². The van der Waals surface area contributed by atoms with Crippen LogP contribution in [0.4, 0.5) is 11.4 Å². The summed E-state index contributed by atoms with van der Waals surface area (Å²) in [5, 5.41) is 2.98. The SMILES string of the molecule is Cc1c(Br)ccc(NC(=O)[C@H]2CC(=O)N(c3ccc(Br)cc3)C2)c1C. The van der Waals surface area contributed by atoms with E-state index in [2.05, 4.69) is 37.2 Å². The molecule has 3 rings (SSSR count). The molecule has 1 heterocycles. The van der Waals surface area contributed by atoms with Gasteiger partial charge in [-0.1, -0.05) is 31.9 Å². The second kappa shape index (κ2) is 7.30. The summed E-state index contributed by atoms with van der Waals surface area (Å²) in [5.74, 6) is -0.483. The zero-order valence-corrected chi connectivity index (χ0v) is 17.1. The first-order chi connectivity index (χ1) is 11.9. The molecule has 1 aliphatic heterocycles. The first-order valence-corrected chi connectivity index (χ1v) is 9.58. The van der Waals surface area contributed by atoms with Crippen LogP contribution in [0.3, 0.4) is 0 Å². The van der Waals surface area contributed by atoms with Gasteiger partial charge in [-0.25, -0.2) is 0 Å². The summed E-state index contributed by atoms with van der Waals surface area (Å²) < 4.78 is 1.97. The summed E-state index contributed by atoms with van der Waals surface area (Å²) in [6, 6.07) is 11.3. The molecule has 6 heteroatoms. The standard InChI is InChI=1S/C19H18Br2N2O2/c1-11-12(2)17(8-7-16(11)21)22-19(25)13-9-18(24)23(10-13)15-5-3-14(20)4-6-15/h3-8,13H,9-10H2,1-2H3,(H,22,25)/t13-/m0/s1. The Morgan fingerprint density at radius 1 is 1.08 bits per heavy atom. The lowest BCUT2D eigenvalue weighted by Gasteiger charge is -2.17. The van der Waals surface area contributed by atoms with Crippen LogP contribution in [0.5, 0.6) is 0 Å². The van der Waals surface area contributed by atoms with Crippen molar-refractivity contribution in [3.05, 3.63) is 56.5 Å². The molecule has 0 aliphatic carbocycles. The lowest BCUT2D eigenvalue weighted by atomic mass is 10.1. The van der Waals surface area contributed by atoms with Gasteiger partial charge in [-0.15, -0.1) is 0 Å². The Hall–Kier alpha value is -1.66. The van der Waals surface area contributed by atoms with Crippen LogP contribution in [0.1, 0.15) is 17.5 Å². The van der Waals surface area contributed by atoms with Gasteiger partial charge in [-0.05, 0) is 61.4 Å². The van der Waals surface area contributed by atoms with E-state index >= 15 is 0 Å². The summed E-state index contributed by atoms with van der Waals surface area (Å²) in [5.41, 5.74) is 3.73. The van der Waals surface area contributed by atoms with Crippen molar-refractivity contribution in [1.82, 2.24) is 0 Å². The Labute approximate surface area is 163 Å². The van der Waals surface area contributed by atoms with Crippen LogP contribution >= 0.6 is 31.9 Å². The highest BCUT2D eigenvalue weighted by molar-refractivity contribution is 9.10. The molecule has 2 amide bonds. The number of carbonyl (C=O) groups is 2. The number of nitrogens with one attached hydrogen (secondary N) is 1. The molecule has 0 bridgehead atoms. The van der Waals surface area contributed by atoms with E-state index in [1.807, 2.05) is 50.2 Å². The van der Waals surface area contributed by atoms with Gasteiger partial charge in [0, 0.05) is 33.3 Å². The third-order valence-corrected chi connectivity index (χ3v) is 6.00. The fourth-order valence-corrected chi connectivity index (χ4v) is 3.61. The number of benzene rings is 2. The zero-order valence-electron chi connectivity index (χ0n) is 14.0. The molecule has 2 aromatic rings. The molecule has 1 aliphatic rings. The van der Waals surface area contributed by atoms with Gasteiger partial charge in [-0.2, -0.15) is 0 Å². The summed E-state index contributed by atoms with van der Waals surface area (Å²) in [4.78, 5) is 26.6. The third-order valence-electron chi connectivity index (χ3n) is 4.61. The minimum absolute atomic E-state index is 0.0221. The smallest absolute Gasteiger partial charge is 0.229 e. The van der Waals surface area contributed by atoms with E-state index in [-0.39, 0.29) is 24.2 Å². The summed E-state index contributed by atoms with van der Waals surface area (Å²) >= 11 is 6.88. The quantitative estimate of drug-likeness (QED) is 0.706. The van der Waals surface area contributed by atoms with Gasteiger partial charge in [0.2, 0.25) is 11.8 Å². The van der Waals surface area contributed by atoms with E-state index in [9.17, 15) is 9.59 Å². The minimum Gasteiger partial charge on any atom is -0.326 e. The monoisotopic (exact) mass is 464 g/mol. The van der Waals surface area contributed by atoms with Crippen LogP contribution in [0.25, 0.3) is 0 Å². The molecule has 4 nitrogen and oxygen atoms in total. The average Bonchev–Trinajstić information content (AvgIpc) is 2.98. The molecule has 0 radical (unpaired) electrons. The highest BCUT2D eigenvalue weighted by atomic mass is 79.9. The van der Waals surface area contributed by atoms with Crippen LogP contribution in [0.15, 0.2) is 45.3 Å². The van der Waals surface area contributed by atoms with E-state index in [0.717, 1.165) is 31.4 Å². The van der Waals surface area contributed by atoms with Gasteiger partial charge in [0.05, 0.1) is 5.92 Å². The maximum absolute atomic E-state index is 12.6. The van der Waals surface area contributed by atoms with Crippen molar-refractivity contribution in [2.24, 2.45) is 5.92 Å². The second-order valence-corrected chi connectivity index (χ2v) is 7.99. The molecular formula is C19H18Br2N2O2. The molecule has 1 atom stereocenters. The number of amides is 2. The lowest BCUT2D eigenvalue weighted by molar-refractivity contribution is -0.122. The summed E-state index contributed by atoms with van der Waals surface area (Å²) in [6.07, 6.45) is 0.233. The van der Waals surface area contributed by atoms with Crippen molar-refractivity contribution >= 4 is 55.0 Å². The maximum atomic E-state index is 12.6. The van der Waals surface area contributed by atoms with Gasteiger partial charge in [-0.3, -0.25) is 9.59 Å². The highest BCUT2D eigenvalue weighted by Gasteiger charge is 2.35. The molecule has 0 spiro atoms. The Kier molecular flexibility index (Phi) is 5.29. The van der Waals surface area contributed by atoms with Gasteiger partial charge >= 0.3 is 0 Å². The lowest BCUT2D eigenvalue weighted by Crippen LogP contribution is -2.28. The van der Waals surface area contributed by atoms with E-state index in [1.165, 1.54) is 0 Å². The van der Waals surface area contributed by atoms with Gasteiger partial charge in [0.25, 0.3) is 0 Å². The summed E-state index contributed by atoms with van der Waals surface area (Å²) in [7, 11) is 0. The number of nitrogens with zero attached hydrogens (tertiary/aromatic N) is 1. The number of carbonyl (C=O) groups excluding carboxylic acids is 2. The van der Waals surface area contributed by atoms with Gasteiger partial charge in [0.1, 0.15) is 0 Å². The number of anilines is 2. The van der Waals surface area contributed by atoms with Crippen molar-refractivity contribution in [3.8, 4) is 0 Å². The normalized spacial score (nSPS) is 17.0. The predicted molar refractivity (Wildman–Crippen MR) is 107 cm³/mol. The molecule has 25 heavy (non-hydrogen) atoms. The average molecular weight is 466 g/mol. The van der Waals surface area contributed by atoms with Crippen LogP contribution in [-0.2, 0) is 9.59 Å². The van der Waals surface area contributed by atoms with Gasteiger partial charge in [0.15, 0.2) is 0 Å². The zero-order chi connectivity index (χ0) is 18.1. The van der Waals surface area contributed by atoms with Crippen molar-refractivity contribution in [1.29, 1.82) is 0 Å². The topological polar surface area (TPSA) is 49.4 Å². The minimum atomic E-state index is -0.348. The maximum Gasteiger partial charge on any atom is 0.229 e. The number of hydrogen-bond donors (Lipinski definition) is 1. The third kappa shape index (κ3) is 3.80. The first kappa shape index (κ1) is 18.1. The first-order valence-electron chi connectivity index (χ1n) is 7.99. The summed E-state index contributed by atoms with van der Waals surface area (Å²) in [6.45, 7) is 4.38. The van der Waals surface area contributed by atoms with Crippen molar-refractivity contribution < 1.29 is 9.59 Å². The van der Waals surface area contributed by atoms with E-state index in [4.69, 9.17) is 0 Å². The fourth-order valence-electron chi connectivity index (χ4n) is 2.91. The molecule has 1 N–H and O–H groups in total. The molecular weight excluding hydrogens is 448 g/mol. The van der Waals surface area contributed by atoms with E-state index < -0.39 is 0 Å². The molecule has 130 valence electrons. The van der Waals surface area contributed by atoms with Crippen molar-refractivity contribution in [2.75, 3.05) is 16.8 Å². The molecule has 0 saturated carbocycles. The van der Waals surface area contributed by atoms with Crippen LogP contribution in [0.2, 0.25) is 0 Å². The van der Waals surface area contributed by atoms with Crippen molar-refractivity contribution in [2.45, 2.75) is 20.3 Å².